The van der Waals surface area contributed by atoms with Crippen LogP contribution in [0.5, 0.6) is 5.75 Å². The number of alkyl halides is 1. The topological polar surface area (TPSA) is 9.23 Å². The zero-order valence-corrected chi connectivity index (χ0v) is 9.94. The van der Waals surface area contributed by atoms with Crippen LogP contribution < -0.4 is 4.74 Å². The summed E-state index contributed by atoms with van der Waals surface area (Å²) in [6, 6.07) is 10.2. The molecular formula is C12H11ClOS. The number of ether oxygens (including phenoxy) is 1. The highest BCUT2D eigenvalue weighted by Crippen LogP contribution is 2.29. The van der Waals surface area contributed by atoms with Gasteiger partial charge in [-0.1, -0.05) is 0 Å². The molecule has 0 atom stereocenters. The van der Waals surface area contributed by atoms with E-state index in [0.717, 1.165) is 5.75 Å². The van der Waals surface area contributed by atoms with Gasteiger partial charge in [-0.2, -0.15) is 0 Å². The lowest BCUT2D eigenvalue weighted by molar-refractivity contribution is 0.415. The van der Waals surface area contributed by atoms with Gasteiger partial charge in [-0.3, -0.25) is 0 Å². The van der Waals surface area contributed by atoms with E-state index in [1.807, 2.05) is 12.1 Å². The molecule has 2 aromatic rings. The first kappa shape index (κ1) is 10.5. The highest BCUT2D eigenvalue weighted by Gasteiger charge is 2.02. The average Bonchev–Trinajstić information content (AvgIpc) is 2.78. The summed E-state index contributed by atoms with van der Waals surface area (Å²) in [5.74, 6) is 1.46. The Kier molecular flexibility index (Phi) is 3.29. The van der Waals surface area contributed by atoms with Crippen molar-refractivity contribution in [1.82, 2.24) is 0 Å². The second-order valence-corrected chi connectivity index (χ2v) is 4.36. The third-order valence-corrected chi connectivity index (χ3v) is 3.52. The highest BCUT2D eigenvalue weighted by molar-refractivity contribution is 7.13. The van der Waals surface area contributed by atoms with Crippen molar-refractivity contribution in [2.45, 2.75) is 5.88 Å². The van der Waals surface area contributed by atoms with E-state index < -0.39 is 0 Å². The molecule has 0 saturated heterocycles. The summed E-state index contributed by atoms with van der Waals surface area (Å²) in [7, 11) is 1.67. The van der Waals surface area contributed by atoms with Crippen LogP contribution in [-0.2, 0) is 5.88 Å². The molecule has 1 aromatic heterocycles. The molecule has 0 bridgehead atoms. The van der Waals surface area contributed by atoms with Gasteiger partial charge in [0, 0.05) is 10.8 Å². The third kappa shape index (κ3) is 2.33. The van der Waals surface area contributed by atoms with Crippen LogP contribution >= 0.6 is 22.9 Å². The molecule has 0 aliphatic rings. The fraction of sp³-hybridized carbons (Fsp3) is 0.167. The molecule has 1 aromatic carbocycles. The van der Waals surface area contributed by atoms with Crippen molar-refractivity contribution in [2.75, 3.05) is 7.11 Å². The number of halogens is 1. The first-order valence-corrected chi connectivity index (χ1v) is 6.02. The normalized spacial score (nSPS) is 10.3. The largest absolute Gasteiger partial charge is 0.497 e. The minimum atomic E-state index is 0.576. The van der Waals surface area contributed by atoms with E-state index in [4.69, 9.17) is 16.3 Å². The molecule has 0 unspecified atom stereocenters. The van der Waals surface area contributed by atoms with Gasteiger partial charge < -0.3 is 4.74 Å². The molecule has 0 aliphatic carbocycles. The zero-order chi connectivity index (χ0) is 10.7. The lowest BCUT2D eigenvalue weighted by atomic mass is 10.1. The van der Waals surface area contributed by atoms with Crippen LogP contribution in [0.1, 0.15) is 5.56 Å². The number of methoxy groups -OCH3 is 1. The van der Waals surface area contributed by atoms with E-state index in [-0.39, 0.29) is 0 Å². The lowest BCUT2D eigenvalue weighted by Gasteiger charge is -2.00. The second kappa shape index (κ2) is 4.69. The maximum absolute atomic E-state index is 5.76. The summed E-state index contributed by atoms with van der Waals surface area (Å²) >= 11 is 7.48. The standard InChI is InChI=1S/C12H11ClOS/c1-14-11-4-2-10(3-5-11)12-6-9(7-13)8-15-12/h2-6,8H,7H2,1H3. The molecule has 0 amide bonds. The number of benzene rings is 1. The third-order valence-electron chi connectivity index (χ3n) is 2.18. The Morgan fingerprint density at radius 3 is 2.53 bits per heavy atom. The van der Waals surface area contributed by atoms with Gasteiger partial charge in [0.15, 0.2) is 0 Å². The fourth-order valence-corrected chi connectivity index (χ4v) is 2.52. The van der Waals surface area contributed by atoms with Gasteiger partial charge in [-0.15, -0.1) is 22.9 Å². The van der Waals surface area contributed by atoms with Crippen LogP contribution in [0.3, 0.4) is 0 Å². The minimum absolute atomic E-state index is 0.576. The summed E-state index contributed by atoms with van der Waals surface area (Å²) in [6.45, 7) is 0. The van der Waals surface area contributed by atoms with E-state index >= 15 is 0 Å². The Bertz CT molecular complexity index is 433. The van der Waals surface area contributed by atoms with Gasteiger partial charge in [-0.25, -0.2) is 0 Å². The van der Waals surface area contributed by atoms with E-state index in [1.54, 1.807) is 18.4 Å². The van der Waals surface area contributed by atoms with Crippen LogP contribution in [0.2, 0.25) is 0 Å². The smallest absolute Gasteiger partial charge is 0.118 e. The Morgan fingerprint density at radius 2 is 2.00 bits per heavy atom. The summed E-state index contributed by atoms with van der Waals surface area (Å²) in [5.41, 5.74) is 2.38. The molecule has 0 saturated carbocycles. The van der Waals surface area contributed by atoms with Gasteiger partial charge in [-0.05, 0) is 46.8 Å². The van der Waals surface area contributed by atoms with Crippen LogP contribution in [0, 0.1) is 0 Å². The van der Waals surface area contributed by atoms with E-state index in [9.17, 15) is 0 Å². The maximum Gasteiger partial charge on any atom is 0.118 e. The van der Waals surface area contributed by atoms with Crippen LogP contribution in [-0.4, -0.2) is 7.11 Å². The van der Waals surface area contributed by atoms with Gasteiger partial charge in [0.05, 0.1) is 7.11 Å². The number of rotatable bonds is 3. The van der Waals surface area contributed by atoms with Gasteiger partial charge in [0.2, 0.25) is 0 Å². The van der Waals surface area contributed by atoms with Crippen LogP contribution in [0.15, 0.2) is 35.7 Å². The number of hydrogen-bond donors (Lipinski definition) is 0. The van der Waals surface area contributed by atoms with E-state index in [2.05, 4.69) is 23.6 Å². The molecule has 1 nitrogen and oxygen atoms in total. The van der Waals surface area contributed by atoms with Crippen molar-refractivity contribution in [3.05, 3.63) is 41.3 Å². The predicted octanol–water partition coefficient (Wildman–Crippen LogP) is 4.16. The first-order chi connectivity index (χ1) is 7.33. The monoisotopic (exact) mass is 238 g/mol. The molecule has 0 radical (unpaired) electrons. The SMILES string of the molecule is COc1ccc(-c2cc(CCl)cs2)cc1. The molecule has 3 heteroatoms. The van der Waals surface area contributed by atoms with Crippen molar-refractivity contribution >= 4 is 22.9 Å². The Morgan fingerprint density at radius 1 is 1.27 bits per heavy atom. The molecule has 78 valence electrons. The van der Waals surface area contributed by atoms with Crippen molar-refractivity contribution in [2.24, 2.45) is 0 Å². The molecule has 0 fully saturated rings. The van der Waals surface area contributed by atoms with Gasteiger partial charge in [0.1, 0.15) is 5.75 Å². The van der Waals surface area contributed by atoms with Crippen LogP contribution in [0.4, 0.5) is 0 Å². The minimum Gasteiger partial charge on any atom is -0.497 e. The molecule has 15 heavy (non-hydrogen) atoms. The summed E-state index contributed by atoms with van der Waals surface area (Å²) in [5, 5.41) is 2.09. The molecule has 2 rings (SSSR count). The van der Waals surface area contributed by atoms with Crippen LogP contribution in [0.25, 0.3) is 10.4 Å². The number of thiophene rings is 1. The lowest BCUT2D eigenvalue weighted by Crippen LogP contribution is -1.81. The quantitative estimate of drug-likeness (QED) is 0.730. The first-order valence-electron chi connectivity index (χ1n) is 4.61. The van der Waals surface area contributed by atoms with E-state index in [0.29, 0.717) is 5.88 Å². The zero-order valence-electron chi connectivity index (χ0n) is 8.37. The number of hydrogen-bond acceptors (Lipinski definition) is 2. The molecule has 1 heterocycles. The molecule has 0 N–H and O–H groups in total. The van der Waals surface area contributed by atoms with Crippen molar-refractivity contribution in [3.8, 4) is 16.2 Å². The van der Waals surface area contributed by atoms with Crippen molar-refractivity contribution in [3.63, 3.8) is 0 Å². The van der Waals surface area contributed by atoms with Crippen molar-refractivity contribution < 1.29 is 4.74 Å². The Labute approximate surface area is 98.3 Å². The Balaban J connectivity index is 2.28. The highest BCUT2D eigenvalue weighted by atomic mass is 35.5. The average molecular weight is 239 g/mol. The molecule has 0 spiro atoms. The van der Waals surface area contributed by atoms with Gasteiger partial charge in [0.25, 0.3) is 0 Å². The summed E-state index contributed by atoms with van der Waals surface area (Å²) in [6.07, 6.45) is 0. The fourth-order valence-electron chi connectivity index (χ4n) is 1.35. The predicted molar refractivity (Wildman–Crippen MR) is 65.9 cm³/mol. The molecular weight excluding hydrogens is 228 g/mol. The second-order valence-electron chi connectivity index (χ2n) is 3.18. The summed E-state index contributed by atoms with van der Waals surface area (Å²) in [4.78, 5) is 1.24. The molecule has 0 aliphatic heterocycles. The van der Waals surface area contributed by atoms with E-state index in [1.165, 1.54) is 16.0 Å². The Hall–Kier alpha value is -0.990. The maximum atomic E-state index is 5.76. The van der Waals surface area contributed by atoms with Crippen molar-refractivity contribution in [1.29, 1.82) is 0 Å². The summed E-state index contributed by atoms with van der Waals surface area (Å²) < 4.78 is 5.11. The van der Waals surface area contributed by atoms with Gasteiger partial charge >= 0.3 is 0 Å².